The molecule has 3 nitrogen and oxygen atoms in total. The van der Waals surface area contributed by atoms with Crippen LogP contribution in [0.25, 0.3) is 0 Å². The summed E-state index contributed by atoms with van der Waals surface area (Å²) in [6.07, 6.45) is 0.769. The van der Waals surface area contributed by atoms with E-state index < -0.39 is 0 Å². The van der Waals surface area contributed by atoms with Gasteiger partial charge in [-0.1, -0.05) is 18.2 Å². The molecular weight excluding hydrogens is 398 g/mol. The van der Waals surface area contributed by atoms with Crippen molar-refractivity contribution < 1.29 is 9.47 Å². The second-order valence-electron chi connectivity index (χ2n) is 4.81. The van der Waals surface area contributed by atoms with E-state index in [9.17, 15) is 0 Å². The lowest BCUT2D eigenvalue weighted by Gasteiger charge is -2.15. The molecule has 0 saturated carbocycles. The van der Waals surface area contributed by atoms with E-state index in [1.54, 1.807) is 7.11 Å². The largest absolute Gasteiger partial charge is 0.496 e. The van der Waals surface area contributed by atoms with Crippen molar-refractivity contribution in [2.75, 3.05) is 7.11 Å². The number of hydrogen-bond donors (Lipinski definition) is 1. The summed E-state index contributed by atoms with van der Waals surface area (Å²) >= 11 is 6.97. The van der Waals surface area contributed by atoms with Gasteiger partial charge in [0.2, 0.25) is 0 Å². The van der Waals surface area contributed by atoms with Gasteiger partial charge in [-0.05, 0) is 69.0 Å². The van der Waals surface area contributed by atoms with Crippen LogP contribution in [-0.4, -0.2) is 13.2 Å². The topological polar surface area (TPSA) is 44.5 Å². The van der Waals surface area contributed by atoms with Gasteiger partial charge >= 0.3 is 0 Å². The molecule has 2 aromatic rings. The number of methoxy groups -OCH3 is 1. The third-order valence-corrected chi connectivity index (χ3v) is 4.18. The number of hydrogen-bond acceptors (Lipinski definition) is 3. The Morgan fingerprint density at radius 3 is 2.33 bits per heavy atom. The fourth-order valence-corrected chi connectivity index (χ4v) is 2.87. The number of halogens is 2. The molecule has 0 aliphatic heterocycles. The lowest BCUT2D eigenvalue weighted by molar-refractivity contribution is 0.409. The van der Waals surface area contributed by atoms with Gasteiger partial charge in [0, 0.05) is 6.04 Å². The average molecular weight is 415 g/mol. The van der Waals surface area contributed by atoms with E-state index >= 15 is 0 Å². The maximum Gasteiger partial charge on any atom is 0.143 e. The van der Waals surface area contributed by atoms with Crippen molar-refractivity contribution in [3.63, 3.8) is 0 Å². The van der Waals surface area contributed by atoms with Crippen molar-refractivity contribution in [3.8, 4) is 17.2 Å². The Labute approximate surface area is 141 Å². The van der Waals surface area contributed by atoms with Gasteiger partial charge in [0.05, 0.1) is 16.1 Å². The Kier molecular flexibility index (Phi) is 5.67. The molecule has 0 amide bonds. The first-order chi connectivity index (χ1) is 10.0. The van der Waals surface area contributed by atoms with E-state index in [1.807, 2.05) is 43.3 Å². The van der Waals surface area contributed by atoms with Gasteiger partial charge in [0.1, 0.15) is 17.2 Å². The fourth-order valence-electron chi connectivity index (χ4n) is 1.98. The van der Waals surface area contributed by atoms with Gasteiger partial charge in [-0.3, -0.25) is 0 Å². The molecule has 0 radical (unpaired) electrons. The number of para-hydroxylation sites is 1. The second kappa shape index (κ2) is 7.29. The molecule has 2 N–H and O–H groups in total. The lowest BCUT2D eigenvalue weighted by Crippen LogP contribution is -2.18. The van der Waals surface area contributed by atoms with Crippen LogP contribution in [0.3, 0.4) is 0 Å². The number of nitrogens with two attached hydrogens (primary N) is 1. The molecule has 0 aromatic heterocycles. The molecule has 21 heavy (non-hydrogen) atoms. The SMILES string of the molecule is COc1cc(Br)c(Oc2ccccc2CC(C)N)cc1Br. The van der Waals surface area contributed by atoms with E-state index in [0.717, 1.165) is 38.2 Å². The van der Waals surface area contributed by atoms with Crippen LogP contribution >= 0.6 is 31.9 Å². The van der Waals surface area contributed by atoms with E-state index in [2.05, 4.69) is 31.9 Å². The zero-order valence-electron chi connectivity index (χ0n) is 11.9. The van der Waals surface area contributed by atoms with Gasteiger partial charge in [-0.25, -0.2) is 0 Å². The first kappa shape index (κ1) is 16.3. The molecular formula is C16H17Br2NO2. The Hall–Kier alpha value is -1.04. The highest BCUT2D eigenvalue weighted by molar-refractivity contribution is 9.11. The van der Waals surface area contributed by atoms with Crippen molar-refractivity contribution in [1.82, 2.24) is 0 Å². The van der Waals surface area contributed by atoms with E-state index in [1.165, 1.54) is 0 Å². The quantitative estimate of drug-likeness (QED) is 0.756. The fraction of sp³-hybridized carbons (Fsp3) is 0.250. The van der Waals surface area contributed by atoms with Crippen LogP contribution in [0.4, 0.5) is 0 Å². The molecule has 2 rings (SSSR count). The summed E-state index contributed by atoms with van der Waals surface area (Å²) in [6.45, 7) is 1.98. The molecule has 0 aliphatic carbocycles. The molecule has 0 bridgehead atoms. The third-order valence-electron chi connectivity index (χ3n) is 2.94. The molecule has 0 fully saturated rings. The van der Waals surface area contributed by atoms with Crippen LogP contribution in [-0.2, 0) is 6.42 Å². The predicted molar refractivity (Wildman–Crippen MR) is 92.3 cm³/mol. The lowest BCUT2D eigenvalue weighted by atomic mass is 10.1. The summed E-state index contributed by atoms with van der Waals surface area (Å²) in [4.78, 5) is 0. The van der Waals surface area contributed by atoms with Crippen LogP contribution in [0, 0.1) is 0 Å². The summed E-state index contributed by atoms with van der Waals surface area (Å²) in [5, 5.41) is 0. The Morgan fingerprint density at radius 2 is 1.67 bits per heavy atom. The Balaban J connectivity index is 2.32. The van der Waals surface area contributed by atoms with Gasteiger partial charge in [-0.2, -0.15) is 0 Å². The van der Waals surface area contributed by atoms with Crippen molar-refractivity contribution in [3.05, 3.63) is 50.9 Å². The zero-order chi connectivity index (χ0) is 15.4. The number of ether oxygens (including phenoxy) is 2. The molecule has 5 heteroatoms. The summed E-state index contributed by atoms with van der Waals surface area (Å²) in [7, 11) is 1.63. The molecule has 0 saturated heterocycles. The normalized spacial score (nSPS) is 12.0. The summed E-state index contributed by atoms with van der Waals surface area (Å²) in [5.74, 6) is 2.28. The maximum atomic E-state index is 6.03. The molecule has 112 valence electrons. The molecule has 0 heterocycles. The standard InChI is InChI=1S/C16H17Br2NO2/c1-10(19)7-11-5-3-4-6-14(11)21-16-9-12(17)15(20-2)8-13(16)18/h3-6,8-10H,7,19H2,1-2H3. The molecule has 1 atom stereocenters. The monoisotopic (exact) mass is 413 g/mol. The van der Waals surface area contributed by atoms with Crippen molar-refractivity contribution in [2.45, 2.75) is 19.4 Å². The van der Waals surface area contributed by atoms with Gasteiger partial charge in [0.25, 0.3) is 0 Å². The van der Waals surface area contributed by atoms with Gasteiger partial charge in [-0.15, -0.1) is 0 Å². The minimum atomic E-state index is 0.0841. The Morgan fingerprint density at radius 1 is 1.05 bits per heavy atom. The van der Waals surface area contributed by atoms with Crippen LogP contribution in [0.2, 0.25) is 0 Å². The smallest absolute Gasteiger partial charge is 0.143 e. The first-order valence-corrected chi connectivity index (χ1v) is 8.14. The molecule has 2 aromatic carbocycles. The van der Waals surface area contributed by atoms with Gasteiger partial charge in [0.15, 0.2) is 0 Å². The third kappa shape index (κ3) is 4.22. The van der Waals surface area contributed by atoms with E-state index in [0.29, 0.717) is 0 Å². The Bertz CT molecular complexity index is 630. The van der Waals surface area contributed by atoms with Crippen LogP contribution in [0.15, 0.2) is 45.3 Å². The first-order valence-electron chi connectivity index (χ1n) is 6.55. The van der Waals surface area contributed by atoms with Crippen LogP contribution in [0.1, 0.15) is 12.5 Å². The zero-order valence-corrected chi connectivity index (χ0v) is 15.1. The predicted octanol–water partition coefficient (Wildman–Crippen LogP) is 4.90. The minimum absolute atomic E-state index is 0.0841. The van der Waals surface area contributed by atoms with Crippen LogP contribution in [0.5, 0.6) is 17.2 Å². The van der Waals surface area contributed by atoms with Gasteiger partial charge < -0.3 is 15.2 Å². The van der Waals surface area contributed by atoms with Crippen LogP contribution < -0.4 is 15.2 Å². The highest BCUT2D eigenvalue weighted by Crippen LogP contribution is 2.38. The average Bonchev–Trinajstić information content (AvgIpc) is 2.44. The molecule has 1 unspecified atom stereocenters. The van der Waals surface area contributed by atoms with Crippen molar-refractivity contribution in [1.29, 1.82) is 0 Å². The van der Waals surface area contributed by atoms with Crippen molar-refractivity contribution >= 4 is 31.9 Å². The second-order valence-corrected chi connectivity index (χ2v) is 6.52. The number of benzene rings is 2. The highest BCUT2D eigenvalue weighted by atomic mass is 79.9. The summed E-state index contributed by atoms with van der Waals surface area (Å²) in [6, 6.07) is 11.8. The molecule has 0 spiro atoms. The van der Waals surface area contributed by atoms with E-state index in [-0.39, 0.29) is 6.04 Å². The maximum absolute atomic E-state index is 6.03. The van der Waals surface area contributed by atoms with E-state index in [4.69, 9.17) is 15.2 Å². The summed E-state index contributed by atoms with van der Waals surface area (Å²) in [5.41, 5.74) is 6.98. The molecule has 0 aliphatic rings. The minimum Gasteiger partial charge on any atom is -0.496 e. The summed E-state index contributed by atoms with van der Waals surface area (Å²) < 4.78 is 13.0. The highest BCUT2D eigenvalue weighted by Gasteiger charge is 2.12. The van der Waals surface area contributed by atoms with Crippen molar-refractivity contribution in [2.24, 2.45) is 5.73 Å². The number of rotatable bonds is 5.